The highest BCUT2D eigenvalue weighted by atomic mass is 35.5. The van der Waals surface area contributed by atoms with E-state index in [4.69, 9.17) is 28.6 Å². The first kappa shape index (κ1) is 13.1. The number of H-pyrrole nitrogens is 1. The summed E-state index contributed by atoms with van der Waals surface area (Å²) in [5, 5.41) is 0.107. The first-order valence-corrected chi connectivity index (χ1v) is 7.13. The first-order chi connectivity index (χ1) is 9.15. The van der Waals surface area contributed by atoms with E-state index in [9.17, 15) is 4.39 Å². The molecule has 0 amide bonds. The normalized spacial score (nSPS) is 19.4. The van der Waals surface area contributed by atoms with E-state index in [0.29, 0.717) is 10.9 Å². The summed E-state index contributed by atoms with van der Waals surface area (Å²) in [7, 11) is 0. The van der Waals surface area contributed by atoms with Crippen molar-refractivity contribution in [1.82, 2.24) is 9.55 Å². The molecule has 1 atom stereocenters. The van der Waals surface area contributed by atoms with Crippen LogP contribution in [-0.2, 0) is 11.3 Å². The van der Waals surface area contributed by atoms with Crippen LogP contribution in [0.5, 0.6) is 0 Å². The largest absolute Gasteiger partial charge is 0.378 e. The van der Waals surface area contributed by atoms with Crippen molar-refractivity contribution in [3.63, 3.8) is 0 Å². The van der Waals surface area contributed by atoms with Crippen LogP contribution >= 0.6 is 23.8 Å². The van der Waals surface area contributed by atoms with Crippen LogP contribution in [0.25, 0.3) is 11.0 Å². The SMILES string of the molecule is Fc1cc2c(cc1Cl)[nH]c(=S)n2CCC1CCCO1. The molecule has 0 aliphatic carbocycles. The molecule has 1 aromatic carbocycles. The Balaban J connectivity index is 1.91. The molecule has 6 heteroatoms. The Kier molecular flexibility index (Phi) is 3.60. The molecule has 1 aromatic heterocycles. The van der Waals surface area contributed by atoms with Gasteiger partial charge in [0, 0.05) is 19.2 Å². The predicted molar refractivity (Wildman–Crippen MR) is 75.7 cm³/mol. The minimum absolute atomic E-state index is 0.107. The smallest absolute Gasteiger partial charge is 0.178 e. The summed E-state index contributed by atoms with van der Waals surface area (Å²) in [6.45, 7) is 1.57. The highest BCUT2D eigenvalue weighted by Gasteiger charge is 2.16. The van der Waals surface area contributed by atoms with Crippen LogP contribution in [0, 0.1) is 10.6 Å². The number of halogens is 2. The van der Waals surface area contributed by atoms with Gasteiger partial charge in [0.2, 0.25) is 0 Å². The fraction of sp³-hybridized carbons (Fsp3) is 0.462. The molecule has 1 saturated heterocycles. The zero-order valence-corrected chi connectivity index (χ0v) is 11.9. The molecule has 1 fully saturated rings. The molecule has 2 heterocycles. The van der Waals surface area contributed by atoms with Crippen molar-refractivity contribution in [1.29, 1.82) is 0 Å². The molecule has 1 aliphatic rings. The van der Waals surface area contributed by atoms with Crippen molar-refractivity contribution in [3.8, 4) is 0 Å². The van der Waals surface area contributed by atoms with E-state index in [0.717, 1.165) is 43.4 Å². The Labute approximate surface area is 120 Å². The molecular weight excluding hydrogens is 287 g/mol. The van der Waals surface area contributed by atoms with E-state index in [-0.39, 0.29) is 5.02 Å². The van der Waals surface area contributed by atoms with Crippen LogP contribution in [0.15, 0.2) is 12.1 Å². The first-order valence-electron chi connectivity index (χ1n) is 6.34. The van der Waals surface area contributed by atoms with Crippen molar-refractivity contribution >= 4 is 34.9 Å². The molecule has 3 rings (SSSR count). The Bertz CT molecular complexity index is 660. The summed E-state index contributed by atoms with van der Waals surface area (Å²) >= 11 is 11.1. The molecule has 1 aliphatic heterocycles. The number of nitrogens with zero attached hydrogens (tertiary/aromatic N) is 1. The second kappa shape index (κ2) is 5.23. The minimum Gasteiger partial charge on any atom is -0.378 e. The van der Waals surface area contributed by atoms with E-state index in [1.807, 2.05) is 4.57 Å². The Morgan fingerprint density at radius 1 is 1.53 bits per heavy atom. The third kappa shape index (κ3) is 2.55. The van der Waals surface area contributed by atoms with E-state index in [1.165, 1.54) is 6.07 Å². The molecule has 0 radical (unpaired) electrons. The van der Waals surface area contributed by atoms with Crippen LogP contribution in [-0.4, -0.2) is 22.3 Å². The number of aromatic amines is 1. The van der Waals surface area contributed by atoms with Gasteiger partial charge >= 0.3 is 0 Å². The number of aromatic nitrogens is 2. The average molecular weight is 301 g/mol. The lowest BCUT2D eigenvalue weighted by atomic mass is 10.2. The number of aryl methyl sites for hydroxylation is 1. The number of imidazole rings is 1. The second-order valence-electron chi connectivity index (χ2n) is 4.79. The third-order valence-electron chi connectivity index (χ3n) is 3.51. The molecule has 0 bridgehead atoms. The molecule has 1 N–H and O–H groups in total. The number of fused-ring (bicyclic) bond motifs is 1. The Morgan fingerprint density at radius 3 is 3.11 bits per heavy atom. The number of rotatable bonds is 3. The molecule has 0 saturated carbocycles. The molecule has 19 heavy (non-hydrogen) atoms. The molecule has 2 aromatic rings. The van der Waals surface area contributed by atoms with Gasteiger partial charge in [-0.15, -0.1) is 0 Å². The molecular formula is C13H14ClFN2OS. The zero-order chi connectivity index (χ0) is 13.4. The summed E-state index contributed by atoms with van der Waals surface area (Å²) in [5.74, 6) is -0.422. The lowest BCUT2D eigenvalue weighted by molar-refractivity contribution is 0.101. The van der Waals surface area contributed by atoms with Gasteiger partial charge in [-0.1, -0.05) is 11.6 Å². The summed E-state index contributed by atoms with van der Waals surface area (Å²) in [4.78, 5) is 3.06. The maximum absolute atomic E-state index is 13.6. The summed E-state index contributed by atoms with van der Waals surface area (Å²) in [6, 6.07) is 3.00. The Morgan fingerprint density at radius 2 is 2.37 bits per heavy atom. The van der Waals surface area contributed by atoms with E-state index in [1.54, 1.807) is 6.07 Å². The topological polar surface area (TPSA) is 29.9 Å². The molecule has 0 spiro atoms. The van der Waals surface area contributed by atoms with Crippen molar-refractivity contribution in [2.45, 2.75) is 31.9 Å². The fourth-order valence-electron chi connectivity index (χ4n) is 2.52. The molecule has 102 valence electrons. The van der Waals surface area contributed by atoms with Gasteiger partial charge in [0.25, 0.3) is 0 Å². The molecule has 3 nitrogen and oxygen atoms in total. The van der Waals surface area contributed by atoms with E-state index in [2.05, 4.69) is 4.98 Å². The van der Waals surface area contributed by atoms with Crippen LogP contribution in [0.3, 0.4) is 0 Å². The summed E-state index contributed by atoms with van der Waals surface area (Å²) < 4.78 is 21.7. The maximum Gasteiger partial charge on any atom is 0.178 e. The van der Waals surface area contributed by atoms with Crippen LogP contribution < -0.4 is 0 Å². The van der Waals surface area contributed by atoms with Crippen LogP contribution in [0.4, 0.5) is 4.39 Å². The lowest BCUT2D eigenvalue weighted by Crippen LogP contribution is -2.10. The van der Waals surface area contributed by atoms with Crippen molar-refractivity contribution in [2.75, 3.05) is 6.61 Å². The van der Waals surface area contributed by atoms with E-state index < -0.39 is 5.82 Å². The van der Waals surface area contributed by atoms with Gasteiger partial charge < -0.3 is 14.3 Å². The van der Waals surface area contributed by atoms with E-state index >= 15 is 0 Å². The highest BCUT2D eigenvalue weighted by Crippen LogP contribution is 2.24. The predicted octanol–water partition coefficient (Wildman–Crippen LogP) is 4.06. The van der Waals surface area contributed by atoms with Gasteiger partial charge in [0.15, 0.2) is 4.77 Å². The van der Waals surface area contributed by atoms with Gasteiger partial charge in [0.05, 0.1) is 22.2 Å². The summed E-state index contributed by atoms with van der Waals surface area (Å²) in [6.07, 6.45) is 3.40. The fourth-order valence-corrected chi connectivity index (χ4v) is 2.98. The number of hydrogen-bond donors (Lipinski definition) is 1. The number of hydrogen-bond acceptors (Lipinski definition) is 2. The zero-order valence-electron chi connectivity index (χ0n) is 10.3. The van der Waals surface area contributed by atoms with Gasteiger partial charge in [-0.05, 0) is 37.5 Å². The number of benzene rings is 1. The lowest BCUT2D eigenvalue weighted by Gasteiger charge is -2.10. The van der Waals surface area contributed by atoms with Crippen molar-refractivity contribution in [2.24, 2.45) is 0 Å². The van der Waals surface area contributed by atoms with Crippen LogP contribution in [0.1, 0.15) is 19.3 Å². The standard InChI is InChI=1S/C13H14ClFN2OS/c14-9-6-11-12(7-10(9)15)17(13(19)16-11)4-3-8-2-1-5-18-8/h6-8H,1-5H2,(H,16,19). The summed E-state index contributed by atoms with van der Waals surface area (Å²) in [5.41, 5.74) is 1.52. The van der Waals surface area contributed by atoms with Crippen molar-refractivity contribution in [3.05, 3.63) is 27.7 Å². The quantitative estimate of drug-likeness (QED) is 0.866. The monoisotopic (exact) mass is 300 g/mol. The number of nitrogens with one attached hydrogen (secondary N) is 1. The van der Waals surface area contributed by atoms with Gasteiger partial charge in [-0.25, -0.2) is 4.39 Å². The third-order valence-corrected chi connectivity index (χ3v) is 4.13. The van der Waals surface area contributed by atoms with Crippen LogP contribution in [0.2, 0.25) is 5.02 Å². The molecule has 1 unspecified atom stereocenters. The average Bonchev–Trinajstić information content (AvgIpc) is 2.96. The highest BCUT2D eigenvalue weighted by molar-refractivity contribution is 7.71. The van der Waals surface area contributed by atoms with Gasteiger partial charge in [-0.3, -0.25) is 0 Å². The van der Waals surface area contributed by atoms with Gasteiger partial charge in [-0.2, -0.15) is 0 Å². The van der Waals surface area contributed by atoms with Gasteiger partial charge in [0.1, 0.15) is 5.82 Å². The minimum atomic E-state index is -0.422. The number of ether oxygens (including phenoxy) is 1. The van der Waals surface area contributed by atoms with Crippen molar-refractivity contribution < 1.29 is 9.13 Å². The maximum atomic E-state index is 13.6. The Hall–Kier alpha value is -0.910. The second-order valence-corrected chi connectivity index (χ2v) is 5.58.